The molecule has 2 heterocycles. The Kier molecular flexibility index (Phi) is 4.57. The lowest BCUT2D eigenvalue weighted by Crippen LogP contribution is -2.26. The van der Waals surface area contributed by atoms with Crippen molar-refractivity contribution in [2.75, 3.05) is 13.2 Å². The Morgan fingerprint density at radius 3 is 3.11 bits per heavy atom. The first kappa shape index (κ1) is 13.6. The minimum absolute atomic E-state index is 0.372. The molecule has 0 unspecified atom stereocenters. The lowest BCUT2D eigenvalue weighted by atomic mass is 10.3. The highest BCUT2D eigenvalue weighted by Crippen LogP contribution is 2.25. The van der Waals surface area contributed by atoms with E-state index in [0.29, 0.717) is 25.5 Å². The minimum atomic E-state index is -0.401. The van der Waals surface area contributed by atoms with Crippen LogP contribution in [0.15, 0.2) is 21.9 Å². The summed E-state index contributed by atoms with van der Waals surface area (Å²) < 4.78 is 10.4. The molecular weight excluding hydrogens is 264 g/mol. The summed E-state index contributed by atoms with van der Waals surface area (Å²) in [4.78, 5) is 16.6. The molecule has 6 heteroatoms. The van der Waals surface area contributed by atoms with Gasteiger partial charge < -0.3 is 14.5 Å². The van der Waals surface area contributed by atoms with Gasteiger partial charge in [-0.3, -0.25) is 0 Å². The number of hydrogen-bond acceptors (Lipinski definition) is 5. The fourth-order valence-electron chi connectivity index (χ4n) is 1.63. The third-order valence-corrected chi connectivity index (χ3v) is 3.39. The summed E-state index contributed by atoms with van der Waals surface area (Å²) >= 11 is 1.59. The topological polar surface area (TPSA) is 64.4 Å². The second kappa shape index (κ2) is 6.38. The van der Waals surface area contributed by atoms with Crippen molar-refractivity contribution in [3.05, 3.63) is 29.0 Å². The fraction of sp³-hybridized carbons (Fsp3) is 0.385. The highest BCUT2D eigenvalue weighted by atomic mass is 32.1. The number of rotatable bonds is 5. The number of carbonyl (C=O) groups is 1. The van der Waals surface area contributed by atoms with Gasteiger partial charge in [0.1, 0.15) is 5.76 Å². The Bertz CT molecular complexity index is 534. The number of nitrogens with zero attached hydrogens (tertiary/aromatic N) is 1. The summed E-state index contributed by atoms with van der Waals surface area (Å²) in [5.74, 6) is 1.42. The van der Waals surface area contributed by atoms with Crippen molar-refractivity contribution in [3.63, 3.8) is 0 Å². The SMILES string of the molecule is CCOC(=O)NCCc1nc(-c2cccs2)oc1C. The number of aryl methyl sites for hydroxylation is 1. The van der Waals surface area contributed by atoms with Crippen LogP contribution in [0.25, 0.3) is 10.8 Å². The minimum Gasteiger partial charge on any atom is -0.450 e. The number of alkyl carbamates (subject to hydrolysis) is 1. The molecule has 0 atom stereocenters. The van der Waals surface area contributed by atoms with Crippen molar-refractivity contribution in [1.29, 1.82) is 0 Å². The maximum Gasteiger partial charge on any atom is 0.407 e. The zero-order valence-corrected chi connectivity index (χ0v) is 11.8. The number of nitrogens with one attached hydrogen (secondary N) is 1. The number of aromatic nitrogens is 1. The highest BCUT2D eigenvalue weighted by Gasteiger charge is 2.12. The highest BCUT2D eigenvalue weighted by molar-refractivity contribution is 7.13. The molecule has 0 saturated carbocycles. The molecule has 1 N–H and O–H groups in total. The van der Waals surface area contributed by atoms with Crippen molar-refractivity contribution < 1.29 is 13.9 Å². The third kappa shape index (κ3) is 3.57. The Balaban J connectivity index is 1.92. The van der Waals surface area contributed by atoms with Crippen LogP contribution in [0.1, 0.15) is 18.4 Å². The van der Waals surface area contributed by atoms with Crippen molar-refractivity contribution in [2.45, 2.75) is 20.3 Å². The van der Waals surface area contributed by atoms with Gasteiger partial charge >= 0.3 is 6.09 Å². The van der Waals surface area contributed by atoms with Crippen LogP contribution in [0.3, 0.4) is 0 Å². The molecule has 2 aromatic heterocycles. The van der Waals surface area contributed by atoms with E-state index < -0.39 is 6.09 Å². The van der Waals surface area contributed by atoms with Gasteiger partial charge in [0.25, 0.3) is 0 Å². The third-order valence-electron chi connectivity index (χ3n) is 2.53. The van der Waals surface area contributed by atoms with Gasteiger partial charge in [0.2, 0.25) is 5.89 Å². The van der Waals surface area contributed by atoms with E-state index in [1.54, 1.807) is 18.3 Å². The first-order chi connectivity index (χ1) is 9.20. The van der Waals surface area contributed by atoms with Crippen LogP contribution < -0.4 is 5.32 Å². The van der Waals surface area contributed by atoms with Crippen LogP contribution in [-0.2, 0) is 11.2 Å². The number of amides is 1. The molecule has 0 spiro atoms. The number of ether oxygens (including phenoxy) is 1. The average molecular weight is 280 g/mol. The van der Waals surface area contributed by atoms with Gasteiger partial charge in [-0.1, -0.05) is 6.07 Å². The van der Waals surface area contributed by atoms with E-state index in [1.807, 2.05) is 24.4 Å². The van der Waals surface area contributed by atoms with E-state index in [9.17, 15) is 4.79 Å². The smallest absolute Gasteiger partial charge is 0.407 e. The summed E-state index contributed by atoms with van der Waals surface area (Å²) in [7, 11) is 0. The molecule has 102 valence electrons. The monoisotopic (exact) mass is 280 g/mol. The lowest BCUT2D eigenvalue weighted by Gasteiger charge is -2.03. The Morgan fingerprint density at radius 2 is 2.42 bits per heavy atom. The molecule has 0 fully saturated rings. The number of thiophene rings is 1. The van der Waals surface area contributed by atoms with E-state index in [4.69, 9.17) is 9.15 Å². The molecule has 0 aromatic carbocycles. The van der Waals surface area contributed by atoms with E-state index in [-0.39, 0.29) is 0 Å². The molecule has 2 aromatic rings. The van der Waals surface area contributed by atoms with E-state index in [0.717, 1.165) is 16.3 Å². The Hall–Kier alpha value is -1.82. The summed E-state index contributed by atoms with van der Waals surface area (Å²) in [6, 6.07) is 3.93. The van der Waals surface area contributed by atoms with E-state index in [2.05, 4.69) is 10.3 Å². The van der Waals surface area contributed by atoms with Crippen molar-refractivity contribution in [2.24, 2.45) is 0 Å². The maximum atomic E-state index is 11.1. The van der Waals surface area contributed by atoms with Crippen molar-refractivity contribution >= 4 is 17.4 Å². The molecule has 0 saturated heterocycles. The van der Waals surface area contributed by atoms with Gasteiger partial charge in [-0.15, -0.1) is 11.3 Å². The van der Waals surface area contributed by atoms with Crippen molar-refractivity contribution in [1.82, 2.24) is 10.3 Å². The molecule has 19 heavy (non-hydrogen) atoms. The number of hydrogen-bond donors (Lipinski definition) is 1. The molecule has 0 aliphatic heterocycles. The molecule has 0 bridgehead atoms. The van der Waals surface area contributed by atoms with Gasteiger partial charge in [-0.05, 0) is 25.3 Å². The predicted octanol–water partition coefficient (Wildman–Crippen LogP) is 3.00. The van der Waals surface area contributed by atoms with Crippen molar-refractivity contribution in [3.8, 4) is 10.8 Å². The summed E-state index contributed by atoms with van der Waals surface area (Å²) in [6.45, 7) is 4.51. The van der Waals surface area contributed by atoms with E-state index in [1.165, 1.54) is 0 Å². The summed E-state index contributed by atoms with van der Waals surface area (Å²) in [6.07, 6.45) is 0.224. The second-order valence-electron chi connectivity index (χ2n) is 3.90. The molecule has 0 aliphatic carbocycles. The Morgan fingerprint density at radius 1 is 1.58 bits per heavy atom. The zero-order valence-electron chi connectivity index (χ0n) is 10.9. The van der Waals surface area contributed by atoms with Crippen LogP contribution in [0.2, 0.25) is 0 Å². The number of oxazole rings is 1. The van der Waals surface area contributed by atoms with Crippen LogP contribution in [-0.4, -0.2) is 24.2 Å². The molecular formula is C13H16N2O3S. The van der Waals surface area contributed by atoms with E-state index >= 15 is 0 Å². The van der Waals surface area contributed by atoms with Crippen LogP contribution in [0, 0.1) is 6.92 Å². The van der Waals surface area contributed by atoms with Gasteiger partial charge in [0.15, 0.2) is 0 Å². The fourth-order valence-corrected chi connectivity index (χ4v) is 2.28. The van der Waals surface area contributed by atoms with Gasteiger partial charge in [-0.25, -0.2) is 9.78 Å². The normalized spacial score (nSPS) is 10.4. The maximum absolute atomic E-state index is 11.1. The van der Waals surface area contributed by atoms with Crippen LogP contribution in [0.4, 0.5) is 4.79 Å². The first-order valence-electron chi connectivity index (χ1n) is 6.11. The second-order valence-corrected chi connectivity index (χ2v) is 4.84. The first-order valence-corrected chi connectivity index (χ1v) is 6.99. The van der Waals surface area contributed by atoms with Crippen LogP contribution >= 0.6 is 11.3 Å². The zero-order chi connectivity index (χ0) is 13.7. The molecule has 2 rings (SSSR count). The largest absolute Gasteiger partial charge is 0.450 e. The quantitative estimate of drug-likeness (QED) is 0.914. The lowest BCUT2D eigenvalue weighted by molar-refractivity contribution is 0.152. The molecule has 0 aliphatic rings. The van der Waals surface area contributed by atoms with Crippen LogP contribution in [0.5, 0.6) is 0 Å². The Labute approximate surface area is 115 Å². The number of carbonyl (C=O) groups excluding carboxylic acids is 1. The molecule has 5 nitrogen and oxygen atoms in total. The predicted molar refractivity (Wildman–Crippen MR) is 73.3 cm³/mol. The van der Waals surface area contributed by atoms with Gasteiger partial charge in [0.05, 0.1) is 17.2 Å². The van der Waals surface area contributed by atoms with Gasteiger partial charge in [-0.2, -0.15) is 0 Å². The summed E-state index contributed by atoms with van der Waals surface area (Å²) in [5.41, 5.74) is 0.861. The average Bonchev–Trinajstić information content (AvgIpc) is 3.00. The molecule has 0 radical (unpaired) electrons. The molecule has 1 amide bonds. The van der Waals surface area contributed by atoms with Gasteiger partial charge in [0, 0.05) is 13.0 Å². The summed E-state index contributed by atoms with van der Waals surface area (Å²) in [5, 5.41) is 4.65. The standard InChI is InChI=1S/C13H16N2O3S/c1-3-17-13(16)14-7-6-10-9(2)18-12(15-10)11-5-4-8-19-11/h4-5,8H,3,6-7H2,1-2H3,(H,14,16).